The van der Waals surface area contributed by atoms with Gasteiger partial charge in [-0.3, -0.25) is 4.79 Å². The molecule has 0 aromatic carbocycles. The molecule has 1 heterocycles. The molecule has 2 aliphatic rings. The minimum Gasteiger partial charge on any atom is -0.355 e. The highest BCUT2D eigenvalue weighted by molar-refractivity contribution is 5.81. The quantitative estimate of drug-likeness (QED) is 0.553. The maximum atomic E-state index is 10.7. The molecule has 0 fully saturated rings. The molecule has 1 aliphatic carbocycles. The van der Waals surface area contributed by atoms with Crippen LogP contribution in [0.4, 0.5) is 0 Å². The average molecular weight is 174 g/mol. The van der Waals surface area contributed by atoms with E-state index in [9.17, 15) is 4.79 Å². The number of allylic oxidation sites excluding steroid dienone is 3. The highest BCUT2D eigenvalue weighted by atomic mass is 16.1. The van der Waals surface area contributed by atoms with Crippen LogP contribution in [0.25, 0.3) is 0 Å². The molecular formula is C10H10N2O. The fraction of sp³-hybridized carbons (Fsp3) is 0.200. The van der Waals surface area contributed by atoms with Crippen molar-refractivity contribution in [1.82, 2.24) is 4.90 Å². The summed E-state index contributed by atoms with van der Waals surface area (Å²) in [4.78, 5) is 16.7. The number of carbonyl (C=O) groups is 1. The summed E-state index contributed by atoms with van der Waals surface area (Å²) in [6.07, 6.45) is 10.4. The van der Waals surface area contributed by atoms with Crippen LogP contribution in [0, 0.1) is 0 Å². The first-order chi connectivity index (χ1) is 6.33. The van der Waals surface area contributed by atoms with Gasteiger partial charge in [-0.25, -0.2) is 4.99 Å². The fourth-order valence-corrected chi connectivity index (χ4v) is 1.52. The highest BCUT2D eigenvalue weighted by Gasteiger charge is 2.21. The second kappa shape index (κ2) is 3.01. The Morgan fingerprint density at radius 3 is 3.15 bits per heavy atom. The Morgan fingerprint density at radius 2 is 2.38 bits per heavy atom. The Kier molecular flexibility index (Phi) is 1.85. The van der Waals surface area contributed by atoms with Gasteiger partial charge >= 0.3 is 0 Å². The first kappa shape index (κ1) is 7.98. The lowest BCUT2D eigenvalue weighted by atomic mass is 9.98. The van der Waals surface area contributed by atoms with Crippen molar-refractivity contribution in [3.63, 3.8) is 0 Å². The fourth-order valence-electron chi connectivity index (χ4n) is 1.52. The van der Waals surface area contributed by atoms with E-state index >= 15 is 0 Å². The zero-order chi connectivity index (χ0) is 9.26. The Labute approximate surface area is 76.8 Å². The molecule has 66 valence electrons. The van der Waals surface area contributed by atoms with E-state index in [4.69, 9.17) is 0 Å². The van der Waals surface area contributed by atoms with Crippen LogP contribution in [0.3, 0.4) is 0 Å². The van der Waals surface area contributed by atoms with Crippen molar-refractivity contribution in [2.45, 2.75) is 6.04 Å². The van der Waals surface area contributed by atoms with Crippen molar-refractivity contribution in [3.8, 4) is 0 Å². The third kappa shape index (κ3) is 1.22. The molecule has 2 rings (SSSR count). The van der Waals surface area contributed by atoms with E-state index < -0.39 is 0 Å². The minimum absolute atomic E-state index is 0.169. The van der Waals surface area contributed by atoms with Crippen LogP contribution < -0.4 is 0 Å². The molecule has 0 spiro atoms. The van der Waals surface area contributed by atoms with Gasteiger partial charge in [0.25, 0.3) is 0 Å². The van der Waals surface area contributed by atoms with Gasteiger partial charge in [-0.15, -0.1) is 0 Å². The van der Waals surface area contributed by atoms with E-state index in [-0.39, 0.29) is 6.04 Å². The van der Waals surface area contributed by atoms with Gasteiger partial charge in [-0.05, 0) is 0 Å². The van der Waals surface area contributed by atoms with Crippen LogP contribution in [0.15, 0.2) is 40.6 Å². The molecule has 13 heavy (non-hydrogen) atoms. The zero-order valence-electron chi connectivity index (χ0n) is 7.34. The third-order valence-electron chi connectivity index (χ3n) is 2.22. The summed E-state index contributed by atoms with van der Waals surface area (Å²) in [7, 11) is 1.94. The summed E-state index contributed by atoms with van der Waals surface area (Å²) in [6, 6.07) is 0.169. The Morgan fingerprint density at radius 1 is 1.54 bits per heavy atom. The summed E-state index contributed by atoms with van der Waals surface area (Å²) < 4.78 is 0. The molecular weight excluding hydrogens is 164 g/mol. The molecule has 0 radical (unpaired) electrons. The molecule has 3 nitrogen and oxygen atoms in total. The second-order valence-corrected chi connectivity index (χ2v) is 3.06. The van der Waals surface area contributed by atoms with Gasteiger partial charge < -0.3 is 4.90 Å². The van der Waals surface area contributed by atoms with Gasteiger partial charge in [0.15, 0.2) is 6.29 Å². The number of hydrogen-bond donors (Lipinski definition) is 0. The molecule has 0 aromatic rings. The maximum Gasteiger partial charge on any atom is 0.168 e. The lowest BCUT2D eigenvalue weighted by Gasteiger charge is -2.29. The van der Waals surface area contributed by atoms with Crippen LogP contribution >= 0.6 is 0 Å². The van der Waals surface area contributed by atoms with Gasteiger partial charge in [0, 0.05) is 12.6 Å². The Bertz CT molecular complexity index is 350. The number of fused-ring (bicyclic) bond motifs is 1. The SMILES string of the molecule is CN1C=NC(C=O)=C2C=CC=CC21. The number of nitrogens with zero attached hydrogens (tertiary/aromatic N) is 2. The van der Waals surface area contributed by atoms with Gasteiger partial charge in [-0.1, -0.05) is 24.3 Å². The smallest absolute Gasteiger partial charge is 0.168 e. The predicted molar refractivity (Wildman–Crippen MR) is 51.4 cm³/mol. The number of carbonyl (C=O) groups excluding carboxylic acids is 1. The monoisotopic (exact) mass is 174 g/mol. The highest BCUT2D eigenvalue weighted by Crippen LogP contribution is 2.22. The van der Waals surface area contributed by atoms with Crippen molar-refractivity contribution in [1.29, 1.82) is 0 Å². The molecule has 0 bridgehead atoms. The van der Waals surface area contributed by atoms with Gasteiger partial charge in [-0.2, -0.15) is 0 Å². The molecule has 0 amide bonds. The summed E-state index contributed by atoms with van der Waals surface area (Å²) in [5, 5.41) is 0. The predicted octanol–water partition coefficient (Wildman–Crippen LogP) is 0.908. The standard InChI is InChI=1S/C10H10N2O/c1-12-7-11-9(6-13)8-4-2-3-5-10(8)12/h2-7,10H,1H3. The van der Waals surface area contributed by atoms with Gasteiger partial charge in [0.2, 0.25) is 0 Å². The van der Waals surface area contributed by atoms with Crippen molar-refractivity contribution in [3.05, 3.63) is 35.6 Å². The molecule has 0 saturated carbocycles. The zero-order valence-corrected chi connectivity index (χ0v) is 7.34. The summed E-state index contributed by atoms with van der Waals surface area (Å²) in [6.45, 7) is 0. The minimum atomic E-state index is 0.169. The molecule has 0 N–H and O–H groups in total. The van der Waals surface area contributed by atoms with Crippen LogP contribution in [0.1, 0.15) is 0 Å². The van der Waals surface area contributed by atoms with Crippen molar-refractivity contribution < 1.29 is 4.79 Å². The number of likely N-dealkylation sites (N-methyl/N-ethyl adjacent to an activating group) is 1. The Hall–Kier alpha value is -1.64. The lowest BCUT2D eigenvalue weighted by Crippen LogP contribution is -2.34. The first-order valence-corrected chi connectivity index (χ1v) is 4.13. The van der Waals surface area contributed by atoms with E-state index in [1.54, 1.807) is 6.34 Å². The van der Waals surface area contributed by atoms with Crippen LogP contribution in [-0.4, -0.2) is 30.6 Å². The molecule has 3 heteroatoms. The van der Waals surface area contributed by atoms with E-state index in [1.807, 2.05) is 36.3 Å². The number of aldehydes is 1. The molecule has 0 aromatic heterocycles. The van der Waals surface area contributed by atoms with Crippen molar-refractivity contribution >= 4 is 12.6 Å². The number of rotatable bonds is 1. The van der Waals surface area contributed by atoms with Crippen LogP contribution in [0.2, 0.25) is 0 Å². The normalized spacial score (nSPS) is 25.0. The largest absolute Gasteiger partial charge is 0.355 e. The van der Waals surface area contributed by atoms with Gasteiger partial charge in [0.1, 0.15) is 5.70 Å². The maximum absolute atomic E-state index is 10.7. The molecule has 1 atom stereocenters. The Balaban J connectivity index is 2.47. The van der Waals surface area contributed by atoms with Crippen LogP contribution in [0.5, 0.6) is 0 Å². The number of hydrogen-bond acceptors (Lipinski definition) is 3. The molecule has 1 aliphatic heterocycles. The van der Waals surface area contributed by atoms with E-state index in [1.165, 1.54) is 0 Å². The van der Waals surface area contributed by atoms with E-state index in [0.29, 0.717) is 5.70 Å². The first-order valence-electron chi connectivity index (χ1n) is 4.13. The summed E-state index contributed by atoms with van der Waals surface area (Å²) in [5.74, 6) is 0. The van der Waals surface area contributed by atoms with Crippen molar-refractivity contribution in [2.24, 2.45) is 4.99 Å². The molecule has 0 saturated heterocycles. The van der Waals surface area contributed by atoms with E-state index in [2.05, 4.69) is 4.99 Å². The summed E-state index contributed by atoms with van der Waals surface area (Å²) in [5.41, 5.74) is 1.51. The van der Waals surface area contributed by atoms with Gasteiger partial charge in [0.05, 0.1) is 12.4 Å². The lowest BCUT2D eigenvalue weighted by molar-refractivity contribution is -0.105. The average Bonchev–Trinajstić information content (AvgIpc) is 2.19. The van der Waals surface area contributed by atoms with E-state index in [0.717, 1.165) is 11.9 Å². The van der Waals surface area contributed by atoms with Crippen LogP contribution in [-0.2, 0) is 4.79 Å². The molecule has 1 unspecified atom stereocenters. The number of aliphatic imine (C=N–C) groups is 1. The topological polar surface area (TPSA) is 32.7 Å². The third-order valence-corrected chi connectivity index (χ3v) is 2.22. The van der Waals surface area contributed by atoms with Crippen molar-refractivity contribution in [2.75, 3.05) is 7.05 Å². The summed E-state index contributed by atoms with van der Waals surface area (Å²) >= 11 is 0. The second-order valence-electron chi connectivity index (χ2n) is 3.06.